The van der Waals surface area contributed by atoms with E-state index < -0.39 is 19.8 Å². The van der Waals surface area contributed by atoms with Gasteiger partial charge in [-0.1, -0.05) is 60.7 Å². The maximum absolute atomic E-state index is 6.41. The number of hydrogen-bond donors (Lipinski definition) is 0. The number of furan rings is 1. The van der Waals surface area contributed by atoms with Crippen LogP contribution in [-0.2, 0) is 4.43 Å². The first-order chi connectivity index (χ1) is 31.7. The van der Waals surface area contributed by atoms with Gasteiger partial charge in [0.25, 0.3) is 0 Å². The zero-order chi connectivity index (χ0) is 42.7. The molecule has 0 spiro atoms. The van der Waals surface area contributed by atoms with Crippen LogP contribution in [0.3, 0.4) is 0 Å². The van der Waals surface area contributed by atoms with Crippen LogP contribution in [0.25, 0.3) is 66.4 Å². The second-order valence-corrected chi connectivity index (χ2v) is 21.3. The Bertz CT molecular complexity index is 3290. The van der Waals surface area contributed by atoms with E-state index in [1.165, 1.54) is 46.1 Å². The molecule has 1 heterocycles. The summed E-state index contributed by atoms with van der Waals surface area (Å²) in [5, 5.41) is 2.25. The van der Waals surface area contributed by atoms with E-state index in [-0.39, 0.29) is 0 Å². The van der Waals surface area contributed by atoms with Gasteiger partial charge in [-0.2, -0.15) is 0 Å². The summed E-state index contributed by atoms with van der Waals surface area (Å²) >= 11 is -1.78. The van der Waals surface area contributed by atoms with Gasteiger partial charge in [0.05, 0.1) is 0 Å². The van der Waals surface area contributed by atoms with Gasteiger partial charge in [-0.05, 0) is 47.5 Å². The van der Waals surface area contributed by atoms with E-state index in [2.05, 4.69) is 260 Å². The SMILES string of the molecule is c1ccc(-c2ccc(CI(c3ccccc3)c3ccc(-c4ccc5oc6ccc(-c7ccc(N(c8ccccc8)c8ccc(-c9ccccc9)cc8)cc7)cc6c5c4)cc3)cc2)cc1. The van der Waals surface area contributed by atoms with Crippen molar-refractivity contribution >= 4 is 58.8 Å². The van der Waals surface area contributed by atoms with E-state index in [9.17, 15) is 0 Å². The Hall–Kier alpha value is -7.47. The molecule has 0 amide bonds. The quantitative estimate of drug-likeness (QED) is 0.0949. The monoisotopic (exact) mass is 933 g/mol. The molecule has 64 heavy (non-hydrogen) atoms. The first kappa shape index (κ1) is 39.4. The van der Waals surface area contributed by atoms with Gasteiger partial charge in [0, 0.05) is 17.1 Å². The third-order valence-corrected chi connectivity index (χ3v) is 18.1. The molecule has 0 atom stereocenters. The average molecular weight is 934 g/mol. The standard InChI is InChI=1S/C61H44INO/c1-5-13-45(14-6-1)47-23-21-44(22-24-47)43-62(53-17-9-3-10-18-53)54-33-25-49(26-34-54)51-31-39-60-58(41-51)59-42-52(32-40-61(59)64-60)50-29-37-57(38-30-50)63(55-19-11-4-12-20-55)56-35-27-48(28-36-56)46-15-7-2-8-16-46/h1-42H,43H2. The van der Waals surface area contributed by atoms with Crippen LogP contribution in [-0.4, -0.2) is 0 Å². The molecule has 11 aromatic rings. The molecule has 0 aliphatic heterocycles. The fourth-order valence-electron chi connectivity index (χ4n) is 8.61. The van der Waals surface area contributed by atoms with Crippen LogP contribution in [0.1, 0.15) is 5.56 Å². The molecule has 306 valence electrons. The number of hydrogen-bond acceptors (Lipinski definition) is 2. The molecule has 10 aromatic carbocycles. The van der Waals surface area contributed by atoms with Gasteiger partial charge in [-0.15, -0.1) is 0 Å². The summed E-state index contributed by atoms with van der Waals surface area (Å²) in [6.07, 6.45) is 0. The fraction of sp³-hybridized carbons (Fsp3) is 0.0164. The van der Waals surface area contributed by atoms with Crippen molar-refractivity contribution in [2.24, 2.45) is 0 Å². The van der Waals surface area contributed by atoms with Crippen LogP contribution in [0.2, 0.25) is 0 Å². The molecule has 0 aliphatic rings. The Labute approximate surface area is 382 Å². The van der Waals surface area contributed by atoms with Gasteiger partial charge in [0.2, 0.25) is 0 Å². The van der Waals surface area contributed by atoms with Crippen molar-refractivity contribution in [3.8, 4) is 44.5 Å². The Morgan fingerprint density at radius 1 is 0.297 bits per heavy atom. The number of anilines is 3. The summed E-state index contributed by atoms with van der Waals surface area (Å²) < 4.78 is 10.4. The van der Waals surface area contributed by atoms with Crippen molar-refractivity contribution < 1.29 is 4.42 Å². The van der Waals surface area contributed by atoms with Crippen LogP contribution < -0.4 is 4.90 Å². The number of rotatable bonds is 11. The molecular formula is C61H44INO. The van der Waals surface area contributed by atoms with Crippen LogP contribution in [0, 0.1) is 7.14 Å². The van der Waals surface area contributed by atoms with Crippen LogP contribution in [0.4, 0.5) is 17.1 Å². The second kappa shape index (κ2) is 17.7. The van der Waals surface area contributed by atoms with Gasteiger partial charge in [0.1, 0.15) is 0 Å². The Morgan fingerprint density at radius 2 is 0.641 bits per heavy atom. The molecule has 0 fully saturated rings. The zero-order valence-electron chi connectivity index (χ0n) is 35.2. The number of nitrogens with zero attached hydrogens (tertiary/aromatic N) is 1. The Morgan fingerprint density at radius 3 is 1.12 bits per heavy atom. The molecular weight excluding hydrogens is 890 g/mol. The van der Waals surface area contributed by atoms with Crippen molar-refractivity contribution in [1.82, 2.24) is 0 Å². The van der Waals surface area contributed by atoms with Crippen molar-refractivity contribution in [3.05, 3.63) is 267 Å². The molecule has 0 bridgehead atoms. The number of para-hydroxylation sites is 1. The Kier molecular flexibility index (Phi) is 10.9. The van der Waals surface area contributed by atoms with Gasteiger partial charge < -0.3 is 4.90 Å². The first-order valence-corrected chi connectivity index (χ1v) is 25.4. The topological polar surface area (TPSA) is 16.4 Å². The summed E-state index contributed by atoms with van der Waals surface area (Å²) in [6, 6.07) is 92.4. The average Bonchev–Trinajstić information content (AvgIpc) is 3.75. The molecule has 2 nitrogen and oxygen atoms in total. The van der Waals surface area contributed by atoms with E-state index >= 15 is 0 Å². The number of halogens is 1. The van der Waals surface area contributed by atoms with Crippen LogP contribution in [0.15, 0.2) is 259 Å². The van der Waals surface area contributed by atoms with Crippen molar-refractivity contribution in [1.29, 1.82) is 0 Å². The summed E-state index contributed by atoms with van der Waals surface area (Å²) in [5.74, 6) is 0. The van der Waals surface area contributed by atoms with Crippen molar-refractivity contribution in [3.63, 3.8) is 0 Å². The zero-order valence-corrected chi connectivity index (χ0v) is 37.3. The summed E-state index contributed by atoms with van der Waals surface area (Å²) in [7, 11) is 0. The van der Waals surface area contributed by atoms with Gasteiger partial charge >= 0.3 is 254 Å². The van der Waals surface area contributed by atoms with Crippen LogP contribution >= 0.6 is 19.8 Å². The molecule has 0 aliphatic carbocycles. The minimum absolute atomic E-state index is 0.895. The summed E-state index contributed by atoms with van der Waals surface area (Å²) in [5.41, 5.74) is 16.1. The van der Waals surface area contributed by atoms with Gasteiger partial charge in [-0.3, -0.25) is 0 Å². The van der Waals surface area contributed by atoms with Gasteiger partial charge in [0.15, 0.2) is 0 Å². The third kappa shape index (κ3) is 8.14. The molecule has 0 unspecified atom stereocenters. The molecule has 0 saturated heterocycles. The number of benzene rings is 10. The molecule has 0 N–H and O–H groups in total. The minimum atomic E-state index is -1.78. The van der Waals surface area contributed by atoms with Crippen LogP contribution in [0.5, 0.6) is 0 Å². The van der Waals surface area contributed by atoms with E-state index in [1.807, 2.05) is 0 Å². The molecule has 0 saturated carbocycles. The second-order valence-electron chi connectivity index (χ2n) is 16.0. The van der Waals surface area contributed by atoms with Crippen molar-refractivity contribution in [2.45, 2.75) is 4.43 Å². The first-order valence-electron chi connectivity index (χ1n) is 21.7. The van der Waals surface area contributed by atoms with E-state index in [0.717, 1.165) is 54.6 Å². The third-order valence-electron chi connectivity index (χ3n) is 12.0. The predicted octanol–water partition coefficient (Wildman–Crippen LogP) is 17.5. The normalized spacial score (nSPS) is 11.5. The van der Waals surface area contributed by atoms with Gasteiger partial charge in [-0.25, -0.2) is 0 Å². The Balaban J connectivity index is 0.865. The summed E-state index contributed by atoms with van der Waals surface area (Å²) in [4.78, 5) is 2.31. The molecule has 3 heteroatoms. The maximum atomic E-state index is 6.41. The van der Waals surface area contributed by atoms with E-state index in [1.54, 1.807) is 0 Å². The molecule has 0 radical (unpaired) electrons. The van der Waals surface area contributed by atoms with Crippen molar-refractivity contribution in [2.75, 3.05) is 4.90 Å². The molecule has 1 aromatic heterocycles. The number of alkyl halides is 1. The summed E-state index contributed by atoms with van der Waals surface area (Å²) in [6.45, 7) is 0. The van der Waals surface area contributed by atoms with E-state index in [0.29, 0.717) is 0 Å². The molecule has 11 rings (SSSR count). The van der Waals surface area contributed by atoms with E-state index in [4.69, 9.17) is 4.42 Å². The predicted molar refractivity (Wildman–Crippen MR) is 278 cm³/mol. The number of fused-ring (bicyclic) bond motifs is 3. The fourth-order valence-corrected chi connectivity index (χ4v) is 14.1.